The molecule has 0 aromatic carbocycles. The third-order valence-corrected chi connectivity index (χ3v) is 5.91. The molecule has 124 valence electrons. The predicted octanol–water partition coefficient (Wildman–Crippen LogP) is 5.06. The minimum absolute atomic E-state index is 0.478. The Morgan fingerprint density at radius 3 is 2.52 bits per heavy atom. The van der Waals surface area contributed by atoms with Gasteiger partial charge in [0.2, 0.25) is 0 Å². The summed E-state index contributed by atoms with van der Waals surface area (Å²) < 4.78 is 6.06. The van der Waals surface area contributed by atoms with Crippen LogP contribution >= 0.6 is 0 Å². The van der Waals surface area contributed by atoms with Crippen LogP contribution in [0, 0.1) is 5.41 Å². The summed E-state index contributed by atoms with van der Waals surface area (Å²) >= 11 is 0. The fourth-order valence-electron chi connectivity index (χ4n) is 4.60. The molecule has 0 bridgehead atoms. The molecular formula is C19H37NO. The lowest BCUT2D eigenvalue weighted by Crippen LogP contribution is -2.65. The molecule has 0 amide bonds. The number of ether oxygens (including phenoxy) is 1. The van der Waals surface area contributed by atoms with E-state index in [2.05, 4.69) is 26.1 Å². The van der Waals surface area contributed by atoms with Crippen LogP contribution in [-0.4, -0.2) is 24.8 Å². The zero-order chi connectivity index (χ0) is 15.1. The molecule has 2 saturated carbocycles. The molecule has 2 aliphatic rings. The summed E-state index contributed by atoms with van der Waals surface area (Å²) in [5.74, 6) is 0. The van der Waals surface area contributed by atoms with E-state index < -0.39 is 0 Å². The average Bonchev–Trinajstić information content (AvgIpc) is 2.51. The second kappa shape index (κ2) is 8.53. The quantitative estimate of drug-likeness (QED) is 0.600. The molecule has 0 aliphatic heterocycles. The standard InChI is InChI=1S/C19H37NO/c1-4-6-7-9-12-16(3)20-17-15-18(21-5-2)19(17)13-10-8-11-14-19/h16-18,20H,4-15H2,1-3H3. The van der Waals surface area contributed by atoms with Crippen molar-refractivity contribution in [2.75, 3.05) is 6.61 Å². The summed E-state index contributed by atoms with van der Waals surface area (Å²) in [6, 6.07) is 1.39. The van der Waals surface area contributed by atoms with E-state index >= 15 is 0 Å². The van der Waals surface area contributed by atoms with Crippen molar-refractivity contribution in [1.29, 1.82) is 0 Å². The third kappa shape index (κ3) is 4.22. The maximum Gasteiger partial charge on any atom is 0.0661 e. The number of hydrogen-bond donors (Lipinski definition) is 1. The van der Waals surface area contributed by atoms with Crippen molar-refractivity contribution in [3.63, 3.8) is 0 Å². The van der Waals surface area contributed by atoms with E-state index in [9.17, 15) is 0 Å². The second-order valence-corrected chi connectivity index (χ2v) is 7.44. The minimum Gasteiger partial charge on any atom is -0.378 e. The van der Waals surface area contributed by atoms with Gasteiger partial charge >= 0.3 is 0 Å². The average molecular weight is 296 g/mol. The predicted molar refractivity (Wildman–Crippen MR) is 90.7 cm³/mol. The van der Waals surface area contributed by atoms with Gasteiger partial charge in [-0.05, 0) is 39.5 Å². The van der Waals surface area contributed by atoms with Gasteiger partial charge in [0.25, 0.3) is 0 Å². The third-order valence-electron chi connectivity index (χ3n) is 5.91. The number of rotatable bonds is 9. The Hall–Kier alpha value is -0.0800. The Labute approximate surface area is 132 Å². The normalized spacial score (nSPS) is 29.3. The number of nitrogens with one attached hydrogen (secondary N) is 1. The Morgan fingerprint density at radius 2 is 1.86 bits per heavy atom. The van der Waals surface area contributed by atoms with Gasteiger partial charge in [0.15, 0.2) is 0 Å². The van der Waals surface area contributed by atoms with E-state index in [1.807, 2.05) is 0 Å². The monoisotopic (exact) mass is 295 g/mol. The van der Waals surface area contributed by atoms with Crippen LogP contribution in [0.3, 0.4) is 0 Å². The highest BCUT2D eigenvalue weighted by Gasteiger charge is 2.55. The van der Waals surface area contributed by atoms with Crippen molar-refractivity contribution in [2.24, 2.45) is 5.41 Å². The van der Waals surface area contributed by atoms with Crippen LogP contribution in [0.1, 0.15) is 91.4 Å². The zero-order valence-corrected chi connectivity index (χ0v) is 14.6. The van der Waals surface area contributed by atoms with Gasteiger partial charge in [-0.2, -0.15) is 0 Å². The Bertz CT molecular complexity index is 285. The van der Waals surface area contributed by atoms with E-state index in [1.54, 1.807) is 0 Å². The molecule has 2 aliphatic carbocycles. The smallest absolute Gasteiger partial charge is 0.0661 e. The van der Waals surface area contributed by atoms with Crippen molar-refractivity contribution in [1.82, 2.24) is 5.32 Å². The van der Waals surface area contributed by atoms with E-state index in [0.717, 1.165) is 12.6 Å². The summed E-state index contributed by atoms with van der Waals surface area (Å²) in [5, 5.41) is 3.96. The van der Waals surface area contributed by atoms with Crippen molar-refractivity contribution >= 4 is 0 Å². The fourth-order valence-corrected chi connectivity index (χ4v) is 4.60. The Balaban J connectivity index is 1.79. The first-order valence-corrected chi connectivity index (χ1v) is 9.60. The molecule has 2 rings (SSSR count). The van der Waals surface area contributed by atoms with Crippen LogP contribution in [0.5, 0.6) is 0 Å². The van der Waals surface area contributed by atoms with Crippen molar-refractivity contribution in [3.05, 3.63) is 0 Å². The summed E-state index contributed by atoms with van der Waals surface area (Å²) in [6.45, 7) is 7.70. The number of hydrogen-bond acceptors (Lipinski definition) is 2. The van der Waals surface area contributed by atoms with Crippen molar-refractivity contribution in [3.8, 4) is 0 Å². The first kappa shape index (κ1) is 17.3. The molecule has 0 aromatic heterocycles. The first-order chi connectivity index (χ1) is 10.2. The SMILES string of the molecule is CCCCCCC(C)NC1CC(OCC)C12CCCCC2. The van der Waals surface area contributed by atoms with Gasteiger partial charge in [-0.25, -0.2) is 0 Å². The number of unbranched alkanes of at least 4 members (excludes halogenated alkanes) is 3. The molecule has 0 saturated heterocycles. The molecule has 0 heterocycles. The van der Waals surface area contributed by atoms with Gasteiger partial charge in [0.1, 0.15) is 0 Å². The highest BCUT2D eigenvalue weighted by Crippen LogP contribution is 2.53. The summed E-state index contributed by atoms with van der Waals surface area (Å²) in [7, 11) is 0. The van der Waals surface area contributed by atoms with E-state index in [4.69, 9.17) is 4.74 Å². The van der Waals surface area contributed by atoms with E-state index in [-0.39, 0.29) is 0 Å². The molecule has 0 radical (unpaired) electrons. The molecule has 0 aromatic rings. The van der Waals surface area contributed by atoms with Gasteiger partial charge in [-0.3, -0.25) is 0 Å². The van der Waals surface area contributed by atoms with Gasteiger partial charge in [-0.15, -0.1) is 0 Å². The highest BCUT2D eigenvalue weighted by atomic mass is 16.5. The molecule has 2 heteroatoms. The molecule has 1 N–H and O–H groups in total. The maximum atomic E-state index is 6.06. The molecular weight excluding hydrogens is 258 g/mol. The van der Waals surface area contributed by atoms with Crippen LogP contribution in [0.25, 0.3) is 0 Å². The largest absolute Gasteiger partial charge is 0.378 e. The van der Waals surface area contributed by atoms with Crippen molar-refractivity contribution < 1.29 is 4.74 Å². The highest BCUT2D eigenvalue weighted by molar-refractivity contribution is 5.09. The van der Waals surface area contributed by atoms with Crippen LogP contribution < -0.4 is 5.32 Å². The summed E-state index contributed by atoms with van der Waals surface area (Å²) in [5.41, 5.74) is 0.478. The molecule has 3 unspecified atom stereocenters. The van der Waals surface area contributed by atoms with Crippen LogP contribution in [0.15, 0.2) is 0 Å². The zero-order valence-electron chi connectivity index (χ0n) is 14.6. The lowest BCUT2D eigenvalue weighted by Gasteiger charge is -2.58. The van der Waals surface area contributed by atoms with Gasteiger partial charge in [0.05, 0.1) is 6.10 Å². The minimum atomic E-state index is 0.478. The fraction of sp³-hybridized carbons (Fsp3) is 1.00. The second-order valence-electron chi connectivity index (χ2n) is 7.44. The Morgan fingerprint density at radius 1 is 1.10 bits per heavy atom. The Kier molecular flexibility index (Phi) is 7.01. The van der Waals surface area contributed by atoms with Gasteiger partial charge in [-0.1, -0.05) is 51.9 Å². The van der Waals surface area contributed by atoms with E-state index in [0.29, 0.717) is 17.6 Å². The van der Waals surface area contributed by atoms with Gasteiger partial charge in [0, 0.05) is 24.1 Å². The lowest BCUT2D eigenvalue weighted by molar-refractivity contribution is -0.151. The van der Waals surface area contributed by atoms with Crippen LogP contribution in [-0.2, 0) is 4.74 Å². The molecule has 2 nitrogen and oxygen atoms in total. The molecule has 2 fully saturated rings. The lowest BCUT2D eigenvalue weighted by atomic mass is 9.55. The molecule has 21 heavy (non-hydrogen) atoms. The molecule has 3 atom stereocenters. The van der Waals surface area contributed by atoms with Gasteiger partial charge < -0.3 is 10.1 Å². The summed E-state index contributed by atoms with van der Waals surface area (Å²) in [4.78, 5) is 0. The maximum absolute atomic E-state index is 6.06. The van der Waals surface area contributed by atoms with Crippen molar-refractivity contribution in [2.45, 2.75) is 110 Å². The molecule has 1 spiro atoms. The van der Waals surface area contributed by atoms with Crippen LogP contribution in [0.2, 0.25) is 0 Å². The van der Waals surface area contributed by atoms with E-state index in [1.165, 1.54) is 70.6 Å². The summed E-state index contributed by atoms with van der Waals surface area (Å²) in [6.07, 6.45) is 15.7. The van der Waals surface area contributed by atoms with Crippen LogP contribution in [0.4, 0.5) is 0 Å². The topological polar surface area (TPSA) is 21.3 Å². The first-order valence-electron chi connectivity index (χ1n) is 9.60.